The van der Waals surface area contributed by atoms with E-state index in [1.165, 1.54) is 72.8 Å². The van der Waals surface area contributed by atoms with E-state index in [1.54, 1.807) is 19.1 Å². The standard InChI is InChI=1S/C28H25N3O9/c1-2-21(32)29-20-15-13-17(14-16-20)24(33)30-31-25(34)22(39-27(37)18-9-5-3-6-10-18)23(26(35)36)40-28(38)19-11-7-4-8-12-19/h3-16,22-23H,2H2,1H3,(H,29,32)(H,30,33)(H,31,34)(H,35,36)/t22-,23+/m1/s1. The van der Waals surface area contributed by atoms with E-state index in [4.69, 9.17) is 9.47 Å². The van der Waals surface area contributed by atoms with Crippen LogP contribution in [0, 0.1) is 0 Å². The van der Waals surface area contributed by atoms with Crippen LogP contribution in [0.15, 0.2) is 84.9 Å². The molecule has 4 N–H and O–H groups in total. The Morgan fingerprint density at radius 1 is 0.675 bits per heavy atom. The number of carbonyl (C=O) groups excluding carboxylic acids is 5. The van der Waals surface area contributed by atoms with Gasteiger partial charge in [-0.15, -0.1) is 0 Å². The number of esters is 2. The number of ether oxygens (including phenoxy) is 2. The summed E-state index contributed by atoms with van der Waals surface area (Å²) in [5.74, 6) is -6.23. The van der Waals surface area contributed by atoms with Crippen molar-refractivity contribution in [2.45, 2.75) is 25.6 Å². The summed E-state index contributed by atoms with van der Waals surface area (Å²) in [6, 6.07) is 20.5. The quantitative estimate of drug-likeness (QED) is 0.219. The lowest BCUT2D eigenvalue weighted by Crippen LogP contribution is -2.54. The third-order valence-corrected chi connectivity index (χ3v) is 5.31. The van der Waals surface area contributed by atoms with Gasteiger partial charge in [-0.1, -0.05) is 43.3 Å². The minimum Gasteiger partial charge on any atom is -0.478 e. The second-order valence-corrected chi connectivity index (χ2v) is 8.14. The first kappa shape index (κ1) is 29.0. The van der Waals surface area contributed by atoms with E-state index < -0.39 is 41.9 Å². The fourth-order valence-electron chi connectivity index (χ4n) is 3.23. The van der Waals surface area contributed by atoms with Crippen LogP contribution in [-0.4, -0.2) is 52.9 Å². The molecule has 0 saturated heterocycles. The molecule has 0 heterocycles. The second-order valence-electron chi connectivity index (χ2n) is 8.14. The largest absolute Gasteiger partial charge is 0.478 e. The van der Waals surface area contributed by atoms with Crippen LogP contribution in [0.25, 0.3) is 0 Å². The zero-order valence-corrected chi connectivity index (χ0v) is 21.2. The van der Waals surface area contributed by atoms with E-state index in [9.17, 15) is 33.9 Å². The maximum absolute atomic E-state index is 13.0. The topological polar surface area (TPSA) is 177 Å². The molecule has 0 aliphatic carbocycles. The van der Waals surface area contributed by atoms with E-state index in [-0.39, 0.29) is 29.0 Å². The number of hydrogen-bond acceptors (Lipinski definition) is 8. The molecule has 3 aromatic rings. The molecule has 0 aliphatic heterocycles. The predicted molar refractivity (Wildman–Crippen MR) is 140 cm³/mol. The Morgan fingerprint density at radius 2 is 1.18 bits per heavy atom. The highest BCUT2D eigenvalue weighted by Gasteiger charge is 2.41. The normalized spacial score (nSPS) is 11.7. The second kappa shape index (κ2) is 13.9. The van der Waals surface area contributed by atoms with Gasteiger partial charge < -0.3 is 19.9 Å². The van der Waals surface area contributed by atoms with Crippen LogP contribution < -0.4 is 16.2 Å². The van der Waals surface area contributed by atoms with E-state index >= 15 is 0 Å². The summed E-state index contributed by atoms with van der Waals surface area (Å²) in [7, 11) is 0. The van der Waals surface area contributed by atoms with Gasteiger partial charge in [-0.25, -0.2) is 14.4 Å². The average Bonchev–Trinajstić information content (AvgIpc) is 2.98. The molecular formula is C28H25N3O9. The van der Waals surface area contributed by atoms with Gasteiger partial charge in [-0.3, -0.25) is 25.2 Å². The molecule has 0 radical (unpaired) electrons. The van der Waals surface area contributed by atoms with Crippen LogP contribution in [0.2, 0.25) is 0 Å². The number of hydrazine groups is 1. The number of carbonyl (C=O) groups is 6. The van der Waals surface area contributed by atoms with Crippen molar-refractivity contribution in [3.63, 3.8) is 0 Å². The van der Waals surface area contributed by atoms with Gasteiger partial charge in [0.05, 0.1) is 11.1 Å². The molecule has 3 aromatic carbocycles. The van der Waals surface area contributed by atoms with Gasteiger partial charge in [0.15, 0.2) is 0 Å². The molecule has 12 nitrogen and oxygen atoms in total. The van der Waals surface area contributed by atoms with E-state index in [0.717, 1.165) is 0 Å². The zero-order chi connectivity index (χ0) is 29.1. The first-order chi connectivity index (χ1) is 19.2. The first-order valence-electron chi connectivity index (χ1n) is 11.9. The lowest BCUT2D eigenvalue weighted by atomic mass is 10.1. The highest BCUT2D eigenvalue weighted by atomic mass is 16.6. The van der Waals surface area contributed by atoms with Crippen LogP contribution in [0.5, 0.6) is 0 Å². The van der Waals surface area contributed by atoms with Gasteiger partial charge in [0.25, 0.3) is 11.8 Å². The van der Waals surface area contributed by atoms with Crippen LogP contribution >= 0.6 is 0 Å². The Bertz CT molecular complexity index is 1380. The van der Waals surface area contributed by atoms with Gasteiger partial charge in [0.1, 0.15) is 0 Å². The number of benzene rings is 3. The summed E-state index contributed by atoms with van der Waals surface area (Å²) in [4.78, 5) is 74.4. The molecule has 0 spiro atoms. The van der Waals surface area contributed by atoms with Gasteiger partial charge in [0, 0.05) is 17.7 Å². The molecule has 40 heavy (non-hydrogen) atoms. The smallest absolute Gasteiger partial charge is 0.349 e. The summed E-state index contributed by atoms with van der Waals surface area (Å²) < 4.78 is 10.2. The molecule has 0 aromatic heterocycles. The fourth-order valence-corrected chi connectivity index (χ4v) is 3.23. The van der Waals surface area contributed by atoms with Crippen molar-refractivity contribution in [1.82, 2.24) is 10.9 Å². The summed E-state index contributed by atoms with van der Waals surface area (Å²) in [6.07, 6.45) is -4.19. The fraction of sp³-hybridized carbons (Fsp3) is 0.143. The van der Waals surface area contributed by atoms with Crippen molar-refractivity contribution in [3.05, 3.63) is 102 Å². The van der Waals surface area contributed by atoms with E-state index in [0.29, 0.717) is 5.69 Å². The van der Waals surface area contributed by atoms with Crippen molar-refractivity contribution in [2.24, 2.45) is 0 Å². The lowest BCUT2D eigenvalue weighted by molar-refractivity contribution is -0.159. The van der Waals surface area contributed by atoms with E-state index in [2.05, 4.69) is 10.7 Å². The zero-order valence-electron chi connectivity index (χ0n) is 21.2. The molecule has 0 unspecified atom stereocenters. The van der Waals surface area contributed by atoms with Gasteiger partial charge in [0.2, 0.25) is 18.1 Å². The third kappa shape index (κ3) is 7.99. The van der Waals surface area contributed by atoms with Gasteiger partial charge in [-0.2, -0.15) is 0 Å². The number of carboxylic acids is 1. The Labute approximate surface area is 228 Å². The summed E-state index contributed by atoms with van der Waals surface area (Å²) in [6.45, 7) is 1.68. The number of hydrogen-bond donors (Lipinski definition) is 4. The number of nitrogens with one attached hydrogen (secondary N) is 3. The summed E-state index contributed by atoms with van der Waals surface area (Å²) in [5, 5.41) is 12.4. The lowest BCUT2D eigenvalue weighted by Gasteiger charge is -2.23. The Morgan fingerprint density at radius 3 is 1.65 bits per heavy atom. The highest BCUT2D eigenvalue weighted by Crippen LogP contribution is 2.14. The number of aliphatic carboxylic acids is 1. The van der Waals surface area contributed by atoms with Crippen molar-refractivity contribution in [3.8, 4) is 0 Å². The minimum absolute atomic E-state index is 0.00175. The number of amides is 3. The van der Waals surface area contributed by atoms with E-state index in [1.807, 2.05) is 5.43 Å². The average molecular weight is 548 g/mol. The maximum atomic E-state index is 13.0. The summed E-state index contributed by atoms with van der Waals surface area (Å²) >= 11 is 0. The SMILES string of the molecule is CCC(=O)Nc1ccc(C(=O)NNC(=O)[C@H](OC(=O)c2ccccc2)[C@H](OC(=O)c2ccccc2)C(=O)O)cc1. The van der Waals surface area contributed by atoms with Crippen LogP contribution in [0.1, 0.15) is 44.4 Å². The molecule has 2 atom stereocenters. The Hall–Kier alpha value is -5.52. The molecule has 0 saturated carbocycles. The van der Waals surface area contributed by atoms with Crippen molar-refractivity contribution in [1.29, 1.82) is 0 Å². The molecule has 0 aliphatic rings. The van der Waals surface area contributed by atoms with Crippen molar-refractivity contribution >= 4 is 41.3 Å². The molecule has 3 amide bonds. The third-order valence-electron chi connectivity index (χ3n) is 5.31. The molecular weight excluding hydrogens is 522 g/mol. The van der Waals surface area contributed by atoms with Crippen LogP contribution in [-0.2, 0) is 23.9 Å². The molecule has 3 rings (SSSR count). The summed E-state index contributed by atoms with van der Waals surface area (Å²) in [5.41, 5.74) is 4.62. The molecule has 0 fully saturated rings. The first-order valence-corrected chi connectivity index (χ1v) is 11.9. The highest BCUT2D eigenvalue weighted by molar-refractivity contribution is 5.99. The van der Waals surface area contributed by atoms with Gasteiger partial charge >= 0.3 is 17.9 Å². The van der Waals surface area contributed by atoms with Crippen LogP contribution in [0.4, 0.5) is 5.69 Å². The monoisotopic (exact) mass is 547 g/mol. The van der Waals surface area contributed by atoms with Crippen LogP contribution in [0.3, 0.4) is 0 Å². The Balaban J connectivity index is 1.77. The van der Waals surface area contributed by atoms with Gasteiger partial charge in [-0.05, 0) is 48.5 Å². The number of rotatable bonds is 10. The maximum Gasteiger partial charge on any atom is 0.349 e. The predicted octanol–water partition coefficient (Wildman–Crippen LogP) is 2.33. The van der Waals surface area contributed by atoms with Crippen molar-refractivity contribution in [2.75, 3.05) is 5.32 Å². The van der Waals surface area contributed by atoms with Crippen molar-refractivity contribution < 1.29 is 43.3 Å². The molecule has 12 heteroatoms. The number of carboxylic acid groups (broad SMARTS) is 1. The minimum atomic E-state index is -2.27. The molecule has 206 valence electrons. The Kier molecular flexibility index (Phi) is 10.1. The molecule has 0 bridgehead atoms. The number of anilines is 1.